The summed E-state index contributed by atoms with van der Waals surface area (Å²) >= 11 is 0. The van der Waals surface area contributed by atoms with E-state index in [0.29, 0.717) is 6.04 Å². The van der Waals surface area contributed by atoms with Crippen LogP contribution in [0.25, 0.3) is 0 Å². The minimum atomic E-state index is 0.424. The Morgan fingerprint density at radius 1 is 1.29 bits per heavy atom. The first-order valence-electron chi connectivity index (χ1n) is 8.45. The van der Waals surface area contributed by atoms with Crippen LogP contribution < -0.4 is 10.1 Å². The van der Waals surface area contributed by atoms with Gasteiger partial charge in [0, 0.05) is 11.6 Å². The van der Waals surface area contributed by atoms with E-state index in [1.165, 1.54) is 42.4 Å². The lowest BCUT2D eigenvalue weighted by Crippen LogP contribution is -2.32. The highest BCUT2D eigenvalue weighted by Crippen LogP contribution is 2.41. The van der Waals surface area contributed by atoms with Crippen LogP contribution in [0.4, 0.5) is 0 Å². The third kappa shape index (κ3) is 3.79. The minimum Gasteiger partial charge on any atom is -0.496 e. The molecule has 0 aliphatic heterocycles. The van der Waals surface area contributed by atoms with Gasteiger partial charge in [-0.05, 0) is 62.3 Å². The van der Waals surface area contributed by atoms with E-state index in [2.05, 4.69) is 45.1 Å². The highest BCUT2D eigenvalue weighted by atomic mass is 16.5. The molecule has 0 saturated heterocycles. The van der Waals surface area contributed by atoms with Crippen molar-refractivity contribution < 1.29 is 4.74 Å². The van der Waals surface area contributed by atoms with Gasteiger partial charge >= 0.3 is 0 Å². The Hall–Kier alpha value is -1.02. The van der Waals surface area contributed by atoms with Crippen LogP contribution >= 0.6 is 0 Å². The van der Waals surface area contributed by atoms with Crippen LogP contribution in [0.5, 0.6) is 5.75 Å². The normalized spacial score (nSPS) is 23.9. The fraction of sp³-hybridized carbons (Fsp3) is 0.684. The van der Waals surface area contributed by atoms with Gasteiger partial charge in [0.1, 0.15) is 5.75 Å². The van der Waals surface area contributed by atoms with Crippen molar-refractivity contribution in [3.63, 3.8) is 0 Å². The highest BCUT2D eigenvalue weighted by Gasteiger charge is 2.30. The fourth-order valence-corrected chi connectivity index (χ4v) is 4.02. The summed E-state index contributed by atoms with van der Waals surface area (Å²) < 4.78 is 5.71. The largest absolute Gasteiger partial charge is 0.496 e. The van der Waals surface area contributed by atoms with E-state index in [4.69, 9.17) is 4.74 Å². The molecule has 2 heteroatoms. The minimum absolute atomic E-state index is 0.424. The Morgan fingerprint density at radius 2 is 2.05 bits per heavy atom. The molecule has 1 aromatic carbocycles. The van der Waals surface area contributed by atoms with E-state index in [1.54, 1.807) is 7.11 Å². The molecule has 118 valence electrons. The third-order valence-electron chi connectivity index (χ3n) is 4.90. The van der Waals surface area contributed by atoms with E-state index in [1.807, 2.05) is 0 Å². The SMILES string of the molecule is CCNC(c1c(C)cc(C)cc1OC)C1CCCC(C)C1. The van der Waals surface area contributed by atoms with Crippen molar-refractivity contribution >= 4 is 0 Å². The molecule has 0 spiro atoms. The summed E-state index contributed by atoms with van der Waals surface area (Å²) in [5, 5.41) is 3.74. The first kappa shape index (κ1) is 16.4. The lowest BCUT2D eigenvalue weighted by molar-refractivity contribution is 0.221. The quantitative estimate of drug-likeness (QED) is 0.841. The summed E-state index contributed by atoms with van der Waals surface area (Å²) in [7, 11) is 1.80. The van der Waals surface area contributed by atoms with Gasteiger partial charge in [-0.3, -0.25) is 0 Å². The molecule has 3 atom stereocenters. The van der Waals surface area contributed by atoms with Crippen molar-refractivity contribution in [2.45, 2.75) is 59.4 Å². The summed E-state index contributed by atoms with van der Waals surface area (Å²) in [4.78, 5) is 0. The number of nitrogens with one attached hydrogen (secondary N) is 1. The van der Waals surface area contributed by atoms with Crippen LogP contribution in [0.1, 0.15) is 62.3 Å². The summed E-state index contributed by atoms with van der Waals surface area (Å²) in [6, 6.07) is 4.89. The first-order chi connectivity index (χ1) is 10.1. The second kappa shape index (κ2) is 7.31. The summed E-state index contributed by atoms with van der Waals surface area (Å²) in [5.41, 5.74) is 4.01. The lowest BCUT2D eigenvalue weighted by Gasteiger charge is -2.35. The Balaban J connectivity index is 2.37. The number of methoxy groups -OCH3 is 1. The smallest absolute Gasteiger partial charge is 0.124 e. The van der Waals surface area contributed by atoms with Crippen LogP contribution in [-0.4, -0.2) is 13.7 Å². The molecule has 0 aromatic heterocycles. The van der Waals surface area contributed by atoms with Crippen molar-refractivity contribution in [1.29, 1.82) is 0 Å². The van der Waals surface area contributed by atoms with Crippen molar-refractivity contribution in [1.82, 2.24) is 5.32 Å². The summed E-state index contributed by atoms with van der Waals surface area (Å²) in [5.74, 6) is 2.63. The maximum atomic E-state index is 5.71. The average Bonchev–Trinajstić information content (AvgIpc) is 2.44. The molecule has 21 heavy (non-hydrogen) atoms. The van der Waals surface area contributed by atoms with Gasteiger partial charge in [0.25, 0.3) is 0 Å². The van der Waals surface area contributed by atoms with Gasteiger partial charge in [0.2, 0.25) is 0 Å². The Morgan fingerprint density at radius 3 is 2.67 bits per heavy atom. The van der Waals surface area contributed by atoms with Gasteiger partial charge in [-0.1, -0.05) is 32.8 Å². The molecule has 1 N–H and O–H groups in total. The van der Waals surface area contributed by atoms with Gasteiger partial charge in [0.15, 0.2) is 0 Å². The van der Waals surface area contributed by atoms with E-state index in [-0.39, 0.29) is 0 Å². The van der Waals surface area contributed by atoms with E-state index < -0.39 is 0 Å². The van der Waals surface area contributed by atoms with Crippen LogP contribution in [0.2, 0.25) is 0 Å². The van der Waals surface area contributed by atoms with Crippen molar-refractivity contribution in [2.75, 3.05) is 13.7 Å². The zero-order valence-corrected chi connectivity index (χ0v) is 14.3. The topological polar surface area (TPSA) is 21.3 Å². The predicted octanol–water partition coefficient (Wildman–Crippen LogP) is 4.79. The number of rotatable bonds is 5. The highest BCUT2D eigenvalue weighted by molar-refractivity contribution is 5.45. The second-order valence-corrected chi connectivity index (χ2v) is 6.76. The second-order valence-electron chi connectivity index (χ2n) is 6.76. The standard InChI is InChI=1S/C19H31NO/c1-6-20-19(16-9-7-8-13(2)11-16)18-15(4)10-14(3)12-17(18)21-5/h10,12-13,16,19-20H,6-9,11H2,1-5H3. The molecule has 1 aliphatic rings. The molecule has 0 radical (unpaired) electrons. The third-order valence-corrected chi connectivity index (χ3v) is 4.90. The average molecular weight is 289 g/mol. The maximum Gasteiger partial charge on any atom is 0.124 e. The number of ether oxygens (including phenoxy) is 1. The zero-order chi connectivity index (χ0) is 15.4. The van der Waals surface area contributed by atoms with Crippen LogP contribution in [0.3, 0.4) is 0 Å². The molecule has 3 unspecified atom stereocenters. The van der Waals surface area contributed by atoms with E-state index >= 15 is 0 Å². The Bertz CT molecular complexity index is 469. The molecule has 1 aliphatic carbocycles. The predicted molar refractivity (Wildman–Crippen MR) is 90.0 cm³/mol. The monoisotopic (exact) mass is 289 g/mol. The van der Waals surface area contributed by atoms with E-state index in [0.717, 1.165) is 24.1 Å². The van der Waals surface area contributed by atoms with Gasteiger partial charge in [-0.2, -0.15) is 0 Å². The van der Waals surface area contributed by atoms with Gasteiger partial charge < -0.3 is 10.1 Å². The lowest BCUT2D eigenvalue weighted by atomic mass is 9.75. The molecular weight excluding hydrogens is 258 g/mol. The van der Waals surface area contributed by atoms with Gasteiger partial charge in [-0.25, -0.2) is 0 Å². The zero-order valence-electron chi connectivity index (χ0n) is 14.3. The molecule has 1 saturated carbocycles. The number of aryl methyl sites for hydroxylation is 2. The van der Waals surface area contributed by atoms with Crippen LogP contribution in [0, 0.1) is 25.7 Å². The molecular formula is C19H31NO. The Labute approximate surface area is 130 Å². The molecule has 0 amide bonds. The summed E-state index contributed by atoms with van der Waals surface area (Å²) in [6.07, 6.45) is 5.41. The molecule has 0 heterocycles. The number of hydrogen-bond donors (Lipinski definition) is 1. The number of benzene rings is 1. The molecule has 1 aromatic rings. The molecule has 1 fully saturated rings. The van der Waals surface area contributed by atoms with Crippen molar-refractivity contribution in [2.24, 2.45) is 11.8 Å². The van der Waals surface area contributed by atoms with Crippen LogP contribution in [-0.2, 0) is 0 Å². The van der Waals surface area contributed by atoms with Crippen molar-refractivity contribution in [3.8, 4) is 5.75 Å². The fourth-order valence-electron chi connectivity index (χ4n) is 4.02. The number of hydrogen-bond acceptors (Lipinski definition) is 2. The first-order valence-corrected chi connectivity index (χ1v) is 8.45. The van der Waals surface area contributed by atoms with Gasteiger partial charge in [0.05, 0.1) is 7.11 Å². The van der Waals surface area contributed by atoms with Crippen molar-refractivity contribution in [3.05, 3.63) is 28.8 Å². The summed E-state index contributed by atoms with van der Waals surface area (Å²) in [6.45, 7) is 9.97. The molecule has 2 rings (SSSR count). The molecule has 0 bridgehead atoms. The Kier molecular flexibility index (Phi) is 5.69. The molecule has 2 nitrogen and oxygen atoms in total. The maximum absolute atomic E-state index is 5.71. The van der Waals surface area contributed by atoms with Gasteiger partial charge in [-0.15, -0.1) is 0 Å². The van der Waals surface area contributed by atoms with E-state index in [9.17, 15) is 0 Å². The van der Waals surface area contributed by atoms with Crippen LogP contribution in [0.15, 0.2) is 12.1 Å².